The van der Waals surface area contributed by atoms with Crippen LogP contribution in [0.2, 0.25) is 0 Å². The third kappa shape index (κ3) is 4.18. The van der Waals surface area contributed by atoms with E-state index in [0.717, 1.165) is 5.69 Å². The van der Waals surface area contributed by atoms with Gasteiger partial charge in [-0.1, -0.05) is 48.2 Å². The van der Waals surface area contributed by atoms with Crippen molar-refractivity contribution in [3.8, 4) is 11.5 Å². The first-order valence-electron chi connectivity index (χ1n) is 8.31. The summed E-state index contributed by atoms with van der Waals surface area (Å²) < 4.78 is 11.1. The Bertz CT molecular complexity index is 958. The quantitative estimate of drug-likeness (QED) is 0.565. The van der Waals surface area contributed by atoms with Crippen molar-refractivity contribution >= 4 is 51.9 Å². The Hall–Kier alpha value is -2.84. The van der Waals surface area contributed by atoms with Crippen LogP contribution in [0.4, 0.5) is 5.69 Å². The number of anilines is 1. The van der Waals surface area contributed by atoms with E-state index >= 15 is 0 Å². The molecule has 0 unspecified atom stereocenters. The Balaban J connectivity index is 1.86. The van der Waals surface area contributed by atoms with Gasteiger partial charge in [0.15, 0.2) is 21.9 Å². The zero-order valence-corrected chi connectivity index (χ0v) is 16.8. The molecule has 0 radical (unpaired) electrons. The van der Waals surface area contributed by atoms with Crippen LogP contribution in [0.1, 0.15) is 12.5 Å². The Morgan fingerprint density at radius 1 is 1.21 bits per heavy atom. The highest BCUT2D eigenvalue weighted by molar-refractivity contribution is 8.27. The molecule has 144 valence electrons. The van der Waals surface area contributed by atoms with E-state index in [0.29, 0.717) is 26.3 Å². The number of para-hydroxylation sites is 1. The minimum Gasteiger partial charge on any atom is -0.493 e. The summed E-state index contributed by atoms with van der Waals surface area (Å²) >= 11 is 6.58. The maximum absolute atomic E-state index is 12.8. The lowest BCUT2D eigenvalue weighted by molar-refractivity contribution is -0.144. The fourth-order valence-corrected chi connectivity index (χ4v) is 3.83. The van der Waals surface area contributed by atoms with Crippen molar-refractivity contribution in [1.29, 1.82) is 0 Å². The molecule has 1 amide bonds. The zero-order chi connectivity index (χ0) is 20.3. The summed E-state index contributed by atoms with van der Waals surface area (Å²) in [4.78, 5) is 25.8. The molecule has 2 aromatic rings. The van der Waals surface area contributed by atoms with Crippen molar-refractivity contribution in [3.63, 3.8) is 0 Å². The molecule has 6 nitrogen and oxygen atoms in total. The number of carbonyl (C=O) groups is 2. The summed E-state index contributed by atoms with van der Waals surface area (Å²) in [5, 5.41) is 8.99. The molecule has 1 aliphatic heterocycles. The summed E-state index contributed by atoms with van der Waals surface area (Å²) in [6.45, 7) is 1.44. The predicted molar refractivity (Wildman–Crippen MR) is 113 cm³/mol. The number of rotatable bonds is 6. The molecule has 0 aromatic heterocycles. The second-order valence-corrected chi connectivity index (χ2v) is 7.54. The average molecular weight is 415 g/mol. The predicted octanol–water partition coefficient (Wildman–Crippen LogP) is 3.95. The number of aliphatic carboxylic acids is 1. The van der Waals surface area contributed by atoms with Gasteiger partial charge < -0.3 is 14.6 Å². The Morgan fingerprint density at radius 2 is 1.93 bits per heavy atom. The van der Waals surface area contributed by atoms with Crippen molar-refractivity contribution < 1.29 is 24.2 Å². The number of carbonyl (C=O) groups excluding carboxylic acids is 1. The summed E-state index contributed by atoms with van der Waals surface area (Å²) in [6.07, 6.45) is 0.705. The van der Waals surface area contributed by atoms with Crippen LogP contribution < -0.4 is 14.4 Å². The number of carboxylic acids is 1. The molecular weight excluding hydrogens is 398 g/mol. The molecule has 1 aliphatic rings. The minimum atomic E-state index is -1.07. The molecule has 1 N–H and O–H groups in total. The Morgan fingerprint density at radius 3 is 2.57 bits per heavy atom. The van der Waals surface area contributed by atoms with E-state index in [2.05, 4.69) is 0 Å². The second-order valence-electron chi connectivity index (χ2n) is 5.86. The number of nitrogens with zero attached hydrogens (tertiary/aromatic N) is 1. The van der Waals surface area contributed by atoms with Crippen LogP contribution in [0, 0.1) is 0 Å². The van der Waals surface area contributed by atoms with Crippen molar-refractivity contribution in [3.05, 3.63) is 59.0 Å². The second kappa shape index (κ2) is 8.45. The van der Waals surface area contributed by atoms with E-state index in [1.54, 1.807) is 24.3 Å². The van der Waals surface area contributed by atoms with Gasteiger partial charge in [-0.05, 0) is 42.8 Å². The lowest BCUT2D eigenvalue weighted by Crippen LogP contribution is -2.27. The number of hydrogen-bond donors (Lipinski definition) is 1. The molecular formula is C20H17NO5S2. The van der Waals surface area contributed by atoms with Gasteiger partial charge in [0.25, 0.3) is 5.91 Å². The van der Waals surface area contributed by atoms with E-state index in [-0.39, 0.29) is 5.91 Å². The molecule has 8 heteroatoms. The van der Waals surface area contributed by atoms with Crippen LogP contribution in [-0.4, -0.2) is 34.5 Å². The van der Waals surface area contributed by atoms with Gasteiger partial charge in [0.2, 0.25) is 0 Å². The lowest BCUT2D eigenvalue weighted by atomic mass is 10.1. The molecule has 0 bridgehead atoms. The number of thioether (sulfide) groups is 1. The molecule has 3 rings (SSSR count). The van der Waals surface area contributed by atoms with Crippen molar-refractivity contribution in [2.45, 2.75) is 13.0 Å². The van der Waals surface area contributed by atoms with E-state index in [1.807, 2.05) is 30.3 Å². The van der Waals surface area contributed by atoms with Gasteiger partial charge in [-0.15, -0.1) is 0 Å². The lowest BCUT2D eigenvalue weighted by Gasteiger charge is -2.14. The largest absolute Gasteiger partial charge is 0.493 e. The van der Waals surface area contributed by atoms with Gasteiger partial charge in [-0.2, -0.15) is 0 Å². The fourth-order valence-electron chi connectivity index (χ4n) is 2.53. The van der Waals surface area contributed by atoms with Crippen LogP contribution in [0.5, 0.6) is 11.5 Å². The Labute approximate surface area is 171 Å². The summed E-state index contributed by atoms with van der Waals surface area (Å²) in [5.74, 6) is -0.581. The first-order chi connectivity index (χ1) is 13.4. The van der Waals surface area contributed by atoms with E-state index < -0.39 is 12.1 Å². The van der Waals surface area contributed by atoms with Gasteiger partial charge in [0.05, 0.1) is 17.7 Å². The average Bonchev–Trinajstić information content (AvgIpc) is 2.96. The summed E-state index contributed by atoms with van der Waals surface area (Å²) in [6, 6.07) is 14.2. The van der Waals surface area contributed by atoms with Gasteiger partial charge >= 0.3 is 5.97 Å². The molecule has 1 heterocycles. The minimum absolute atomic E-state index is 0.194. The van der Waals surface area contributed by atoms with Gasteiger partial charge in [0, 0.05) is 0 Å². The van der Waals surface area contributed by atoms with Crippen LogP contribution in [0.3, 0.4) is 0 Å². The van der Waals surface area contributed by atoms with Crippen LogP contribution in [-0.2, 0) is 9.59 Å². The van der Waals surface area contributed by atoms with Crippen LogP contribution in [0.15, 0.2) is 53.4 Å². The monoisotopic (exact) mass is 415 g/mol. The summed E-state index contributed by atoms with van der Waals surface area (Å²) in [7, 11) is 1.46. The fraction of sp³-hybridized carbons (Fsp3) is 0.150. The maximum atomic E-state index is 12.8. The highest BCUT2D eigenvalue weighted by Crippen LogP contribution is 2.37. The highest BCUT2D eigenvalue weighted by atomic mass is 32.2. The number of hydrogen-bond acceptors (Lipinski definition) is 6. The van der Waals surface area contributed by atoms with Crippen molar-refractivity contribution in [1.82, 2.24) is 0 Å². The maximum Gasteiger partial charge on any atom is 0.344 e. The number of ether oxygens (including phenoxy) is 2. The van der Waals surface area contributed by atoms with Crippen LogP contribution >= 0.6 is 24.0 Å². The molecule has 1 atom stereocenters. The third-order valence-corrected chi connectivity index (χ3v) is 5.25. The third-order valence-electron chi connectivity index (χ3n) is 3.95. The van der Waals surface area contributed by atoms with Gasteiger partial charge in [0.1, 0.15) is 0 Å². The van der Waals surface area contributed by atoms with E-state index in [9.17, 15) is 9.59 Å². The van der Waals surface area contributed by atoms with E-state index in [1.165, 1.54) is 30.7 Å². The topological polar surface area (TPSA) is 76.1 Å². The molecule has 28 heavy (non-hydrogen) atoms. The smallest absolute Gasteiger partial charge is 0.344 e. The number of methoxy groups -OCH3 is 1. The molecule has 1 fully saturated rings. The number of benzene rings is 2. The standard InChI is InChI=1S/C20H17NO5S2/c1-12(19(23)24)26-15-9-8-13(10-16(15)25-2)11-17-18(22)21(20(27)28-17)14-6-4-3-5-7-14/h3-12H,1-2H3,(H,23,24)/b17-11+/t12-/m1/s1. The highest BCUT2D eigenvalue weighted by Gasteiger charge is 2.33. The van der Waals surface area contributed by atoms with Crippen molar-refractivity contribution in [2.75, 3.05) is 12.0 Å². The van der Waals surface area contributed by atoms with Crippen LogP contribution in [0.25, 0.3) is 6.08 Å². The Kier molecular flexibility index (Phi) is 6.01. The molecule has 0 saturated carbocycles. The number of amides is 1. The molecule has 1 saturated heterocycles. The first-order valence-corrected chi connectivity index (χ1v) is 9.53. The summed E-state index contributed by atoms with van der Waals surface area (Å²) in [5.41, 5.74) is 1.43. The van der Waals surface area contributed by atoms with Crippen molar-refractivity contribution in [2.24, 2.45) is 0 Å². The normalized spacial score (nSPS) is 16.4. The zero-order valence-electron chi connectivity index (χ0n) is 15.1. The van der Waals surface area contributed by atoms with E-state index in [4.69, 9.17) is 26.8 Å². The van der Waals surface area contributed by atoms with Gasteiger partial charge in [-0.25, -0.2) is 4.79 Å². The number of carboxylic acid groups (broad SMARTS) is 1. The molecule has 0 spiro atoms. The molecule has 0 aliphatic carbocycles. The molecule has 2 aromatic carbocycles. The SMILES string of the molecule is COc1cc(/C=C2/SC(=S)N(c3ccccc3)C2=O)ccc1O[C@H](C)C(=O)O. The first kappa shape index (κ1) is 19.9. The number of thiocarbonyl (C=S) groups is 1. The van der Waals surface area contributed by atoms with Gasteiger partial charge in [-0.3, -0.25) is 9.69 Å².